The Labute approximate surface area is 153 Å². The molecule has 0 unspecified atom stereocenters. The number of hydrogen-bond donors (Lipinski definition) is 3. The van der Waals surface area contributed by atoms with Crippen LogP contribution in [0.25, 0.3) is 0 Å². The van der Waals surface area contributed by atoms with Crippen LogP contribution in [0.1, 0.15) is 38.2 Å². The summed E-state index contributed by atoms with van der Waals surface area (Å²) < 4.78 is 0. The molecule has 1 aliphatic rings. The van der Waals surface area contributed by atoms with Gasteiger partial charge in [-0.2, -0.15) is 11.3 Å². The number of guanidine groups is 1. The molecule has 1 heterocycles. The number of rotatable bonds is 8. The third-order valence-electron chi connectivity index (χ3n) is 3.16. The van der Waals surface area contributed by atoms with E-state index in [1.165, 1.54) is 5.56 Å². The molecule has 3 N–H and O–H groups in total. The summed E-state index contributed by atoms with van der Waals surface area (Å²) in [6.07, 6.45) is 3.68. The predicted molar refractivity (Wildman–Crippen MR) is 103 cm³/mol. The Balaban J connectivity index is 0.00000242. The van der Waals surface area contributed by atoms with E-state index in [2.05, 4.69) is 37.8 Å². The Hall–Kier alpha value is -0.830. The minimum Gasteiger partial charge on any atom is -0.357 e. The van der Waals surface area contributed by atoms with Gasteiger partial charge in [0.15, 0.2) is 5.96 Å². The molecule has 1 aliphatic carbocycles. The summed E-state index contributed by atoms with van der Waals surface area (Å²) in [5.41, 5.74) is 1.22. The molecule has 0 bridgehead atoms. The van der Waals surface area contributed by atoms with Crippen LogP contribution in [0.4, 0.5) is 0 Å². The van der Waals surface area contributed by atoms with E-state index in [-0.39, 0.29) is 29.9 Å². The van der Waals surface area contributed by atoms with Gasteiger partial charge in [-0.05, 0) is 48.6 Å². The van der Waals surface area contributed by atoms with Crippen LogP contribution in [0.15, 0.2) is 21.8 Å². The fourth-order valence-corrected chi connectivity index (χ4v) is 2.54. The molecular weight excluding hydrogens is 411 g/mol. The van der Waals surface area contributed by atoms with Crippen LogP contribution in [0.2, 0.25) is 0 Å². The van der Waals surface area contributed by atoms with Crippen molar-refractivity contribution in [2.75, 3.05) is 13.1 Å². The average Bonchev–Trinajstić information content (AvgIpc) is 3.12. The summed E-state index contributed by atoms with van der Waals surface area (Å²) in [5, 5.41) is 13.7. The summed E-state index contributed by atoms with van der Waals surface area (Å²) in [7, 11) is 0. The summed E-state index contributed by atoms with van der Waals surface area (Å²) in [6, 6.07) is 2.54. The van der Waals surface area contributed by atoms with E-state index in [1.807, 2.05) is 6.92 Å². The second-order valence-electron chi connectivity index (χ2n) is 5.20. The van der Waals surface area contributed by atoms with E-state index in [0.717, 1.165) is 38.3 Å². The van der Waals surface area contributed by atoms with Gasteiger partial charge >= 0.3 is 0 Å². The third-order valence-corrected chi connectivity index (χ3v) is 3.89. The number of carbonyl (C=O) groups excluding carboxylic acids is 1. The topological polar surface area (TPSA) is 65.5 Å². The molecule has 1 fully saturated rings. The fourth-order valence-electron chi connectivity index (χ4n) is 1.88. The molecule has 0 aromatic carbocycles. The minimum absolute atomic E-state index is 0. The van der Waals surface area contributed by atoms with Crippen molar-refractivity contribution >= 4 is 47.2 Å². The van der Waals surface area contributed by atoms with Crippen molar-refractivity contribution in [3.63, 3.8) is 0 Å². The lowest BCUT2D eigenvalue weighted by molar-refractivity contribution is -0.121. The Bertz CT molecular complexity index is 460. The van der Waals surface area contributed by atoms with Crippen molar-refractivity contribution in [3.8, 4) is 0 Å². The fraction of sp³-hybridized carbons (Fsp3) is 0.600. The van der Waals surface area contributed by atoms with Gasteiger partial charge in [0.1, 0.15) is 0 Å². The van der Waals surface area contributed by atoms with Gasteiger partial charge in [0.25, 0.3) is 0 Å². The molecule has 0 aliphatic heterocycles. The highest BCUT2D eigenvalue weighted by Gasteiger charge is 2.22. The Kier molecular flexibility index (Phi) is 9.45. The van der Waals surface area contributed by atoms with Crippen molar-refractivity contribution in [3.05, 3.63) is 22.4 Å². The zero-order chi connectivity index (χ0) is 14.9. The molecule has 7 heteroatoms. The van der Waals surface area contributed by atoms with Crippen molar-refractivity contribution < 1.29 is 4.79 Å². The van der Waals surface area contributed by atoms with Gasteiger partial charge in [0.2, 0.25) is 5.91 Å². The number of hydrogen-bond acceptors (Lipinski definition) is 3. The maximum absolute atomic E-state index is 11.6. The quantitative estimate of drug-likeness (QED) is 0.254. The second kappa shape index (κ2) is 10.8. The lowest BCUT2D eigenvalue weighted by Crippen LogP contribution is -2.38. The van der Waals surface area contributed by atoms with Crippen LogP contribution in [-0.4, -0.2) is 31.0 Å². The first kappa shape index (κ1) is 19.2. The van der Waals surface area contributed by atoms with Gasteiger partial charge in [-0.3, -0.25) is 4.79 Å². The standard InChI is InChI=1S/C15H24N4OS.HI/c1-2-16-15(18-10-12-7-9-21-11-12)17-8-3-4-14(20)19-13-5-6-13;/h7,9,11,13H,2-6,8,10H2,1H3,(H,19,20)(H2,16,17,18);1H. The smallest absolute Gasteiger partial charge is 0.220 e. The van der Waals surface area contributed by atoms with Gasteiger partial charge in [-0.1, -0.05) is 0 Å². The van der Waals surface area contributed by atoms with E-state index in [9.17, 15) is 4.79 Å². The first-order valence-corrected chi connectivity index (χ1v) is 8.55. The average molecular weight is 436 g/mol. The second-order valence-corrected chi connectivity index (χ2v) is 5.98. The van der Waals surface area contributed by atoms with Crippen LogP contribution in [0.3, 0.4) is 0 Å². The molecule has 1 saturated carbocycles. The van der Waals surface area contributed by atoms with E-state index in [1.54, 1.807) is 11.3 Å². The number of amides is 1. The molecule has 0 radical (unpaired) electrons. The molecule has 1 aromatic heterocycles. The number of nitrogens with one attached hydrogen (secondary N) is 3. The Morgan fingerprint density at radius 1 is 1.41 bits per heavy atom. The molecule has 22 heavy (non-hydrogen) atoms. The number of halogens is 1. The zero-order valence-corrected chi connectivity index (χ0v) is 16.1. The van der Waals surface area contributed by atoms with Crippen molar-refractivity contribution in [2.45, 2.75) is 45.2 Å². The Morgan fingerprint density at radius 3 is 2.86 bits per heavy atom. The van der Waals surface area contributed by atoms with Crippen molar-refractivity contribution in [2.24, 2.45) is 4.99 Å². The maximum atomic E-state index is 11.6. The van der Waals surface area contributed by atoms with Gasteiger partial charge in [-0.15, -0.1) is 24.0 Å². The van der Waals surface area contributed by atoms with Crippen LogP contribution in [0, 0.1) is 0 Å². The lowest BCUT2D eigenvalue weighted by atomic mass is 10.3. The summed E-state index contributed by atoms with van der Waals surface area (Å²) in [4.78, 5) is 16.1. The van der Waals surface area contributed by atoms with Gasteiger partial charge in [-0.25, -0.2) is 4.99 Å². The van der Waals surface area contributed by atoms with Gasteiger partial charge in [0.05, 0.1) is 6.54 Å². The predicted octanol–water partition coefficient (Wildman–Crippen LogP) is 2.48. The van der Waals surface area contributed by atoms with Gasteiger partial charge < -0.3 is 16.0 Å². The lowest BCUT2D eigenvalue weighted by Gasteiger charge is -2.11. The molecule has 124 valence electrons. The van der Waals surface area contributed by atoms with E-state index in [0.29, 0.717) is 19.0 Å². The molecular formula is C15H25IN4OS. The number of nitrogens with zero attached hydrogens (tertiary/aromatic N) is 1. The SMILES string of the molecule is CCNC(=NCc1ccsc1)NCCCC(=O)NC1CC1.I. The molecule has 0 spiro atoms. The van der Waals surface area contributed by atoms with E-state index < -0.39 is 0 Å². The first-order valence-electron chi connectivity index (χ1n) is 7.60. The highest BCUT2D eigenvalue weighted by atomic mass is 127. The third kappa shape index (κ3) is 7.98. The van der Waals surface area contributed by atoms with Crippen LogP contribution >= 0.6 is 35.3 Å². The molecule has 1 amide bonds. The molecule has 0 saturated heterocycles. The summed E-state index contributed by atoms with van der Waals surface area (Å²) in [5.74, 6) is 0.978. The molecule has 5 nitrogen and oxygen atoms in total. The highest BCUT2D eigenvalue weighted by molar-refractivity contribution is 14.0. The summed E-state index contributed by atoms with van der Waals surface area (Å²) in [6.45, 7) is 4.32. The van der Waals surface area contributed by atoms with Gasteiger partial charge in [0, 0.05) is 25.6 Å². The number of aliphatic imine (C=N–C) groups is 1. The highest BCUT2D eigenvalue weighted by Crippen LogP contribution is 2.18. The summed E-state index contributed by atoms with van der Waals surface area (Å²) >= 11 is 1.68. The normalized spacial score (nSPS) is 14.1. The number of thiophene rings is 1. The van der Waals surface area contributed by atoms with Crippen LogP contribution < -0.4 is 16.0 Å². The zero-order valence-electron chi connectivity index (χ0n) is 12.9. The maximum Gasteiger partial charge on any atom is 0.220 e. The monoisotopic (exact) mass is 436 g/mol. The van der Waals surface area contributed by atoms with E-state index in [4.69, 9.17) is 0 Å². The minimum atomic E-state index is 0. The first-order chi connectivity index (χ1) is 10.3. The molecule has 0 atom stereocenters. The van der Waals surface area contributed by atoms with E-state index >= 15 is 0 Å². The van der Waals surface area contributed by atoms with Crippen LogP contribution in [-0.2, 0) is 11.3 Å². The molecule has 1 aromatic rings. The Morgan fingerprint density at radius 2 is 2.23 bits per heavy atom. The van der Waals surface area contributed by atoms with Crippen molar-refractivity contribution in [1.29, 1.82) is 0 Å². The van der Waals surface area contributed by atoms with Crippen LogP contribution in [0.5, 0.6) is 0 Å². The number of carbonyl (C=O) groups is 1. The largest absolute Gasteiger partial charge is 0.357 e. The van der Waals surface area contributed by atoms with Crippen molar-refractivity contribution in [1.82, 2.24) is 16.0 Å². The molecule has 2 rings (SSSR count).